The molecular weight excluding hydrogens is 551 g/mol. The average Bonchev–Trinajstić information content (AvgIpc) is 3.53. The van der Waals surface area contributed by atoms with Crippen LogP contribution in [0.4, 0.5) is 30.5 Å². The Balaban J connectivity index is 1.37. The normalized spacial score (nSPS) is 14.7. The third-order valence-corrected chi connectivity index (χ3v) is 8.05. The number of halogens is 3. The maximum absolute atomic E-state index is 14.1. The molecule has 8 nitrogen and oxygen atoms in total. The standard InChI is InChI=1S/C29H26F3N7OS/c1-37-26-20-6-3-17(11-22(20)36-27(33)21(26)14-35-37)15-39(23-7-5-19(30)12-24(23)41-2)28(40)18-4-8-25(34-13-18)38-10-9-29(31,32)16-38/h3-8,11-14H,9-10,15-16H2,1-2H3,(H2,33,36). The molecule has 0 bridgehead atoms. The van der Waals surface area contributed by atoms with Crippen molar-refractivity contribution in [3.05, 3.63) is 77.9 Å². The molecule has 0 saturated carbocycles. The molecule has 0 spiro atoms. The summed E-state index contributed by atoms with van der Waals surface area (Å²) in [6, 6.07) is 13.1. The highest BCUT2D eigenvalue weighted by Crippen LogP contribution is 2.34. The number of rotatable bonds is 6. The number of thioether (sulfide) groups is 1. The number of alkyl halides is 2. The number of nitrogens with zero attached hydrogens (tertiary/aromatic N) is 6. The molecule has 1 amide bonds. The predicted molar refractivity (Wildman–Crippen MR) is 155 cm³/mol. The van der Waals surface area contributed by atoms with Crippen molar-refractivity contribution < 1.29 is 18.0 Å². The highest BCUT2D eigenvalue weighted by Gasteiger charge is 2.38. The summed E-state index contributed by atoms with van der Waals surface area (Å²) in [5.41, 5.74) is 9.30. The van der Waals surface area contributed by atoms with Crippen molar-refractivity contribution in [2.75, 3.05) is 34.9 Å². The molecule has 3 aromatic heterocycles. The zero-order valence-corrected chi connectivity index (χ0v) is 23.1. The lowest BCUT2D eigenvalue weighted by atomic mass is 10.1. The summed E-state index contributed by atoms with van der Waals surface area (Å²) >= 11 is 1.32. The van der Waals surface area contributed by atoms with Crippen LogP contribution in [0.2, 0.25) is 0 Å². The van der Waals surface area contributed by atoms with Crippen molar-refractivity contribution >= 4 is 56.8 Å². The maximum Gasteiger partial charge on any atom is 0.266 e. The van der Waals surface area contributed by atoms with Crippen LogP contribution in [-0.2, 0) is 13.6 Å². The van der Waals surface area contributed by atoms with Gasteiger partial charge in [-0.3, -0.25) is 9.48 Å². The number of aryl methyl sites for hydroxylation is 1. The van der Waals surface area contributed by atoms with E-state index >= 15 is 0 Å². The van der Waals surface area contributed by atoms with Gasteiger partial charge in [0.05, 0.1) is 47.0 Å². The second-order valence-electron chi connectivity index (χ2n) is 10.0. The minimum Gasteiger partial charge on any atom is -0.383 e. The molecular formula is C29H26F3N7OS. The lowest BCUT2D eigenvalue weighted by Crippen LogP contribution is -2.31. The summed E-state index contributed by atoms with van der Waals surface area (Å²) in [5, 5.41) is 5.93. The van der Waals surface area contributed by atoms with Gasteiger partial charge >= 0.3 is 0 Å². The number of pyridine rings is 2. The number of carbonyl (C=O) groups is 1. The Kier molecular flexibility index (Phi) is 6.72. The van der Waals surface area contributed by atoms with E-state index in [9.17, 15) is 18.0 Å². The maximum atomic E-state index is 14.1. The van der Waals surface area contributed by atoms with Gasteiger partial charge in [0.15, 0.2) is 0 Å². The second kappa shape index (κ2) is 10.3. The number of nitrogen functional groups attached to an aromatic ring is 1. The molecule has 210 valence electrons. The van der Waals surface area contributed by atoms with E-state index in [1.54, 1.807) is 34.0 Å². The van der Waals surface area contributed by atoms with E-state index in [4.69, 9.17) is 5.73 Å². The van der Waals surface area contributed by atoms with Crippen LogP contribution >= 0.6 is 11.8 Å². The largest absolute Gasteiger partial charge is 0.383 e. The molecule has 0 atom stereocenters. The summed E-state index contributed by atoms with van der Waals surface area (Å²) in [7, 11) is 1.84. The summed E-state index contributed by atoms with van der Waals surface area (Å²) in [6.45, 7) is -0.0610. The summed E-state index contributed by atoms with van der Waals surface area (Å²) < 4.78 is 43.3. The number of carbonyl (C=O) groups excluding carboxylic acids is 1. The van der Waals surface area contributed by atoms with Gasteiger partial charge < -0.3 is 15.5 Å². The Bertz CT molecular complexity index is 1790. The van der Waals surface area contributed by atoms with Crippen LogP contribution in [0.5, 0.6) is 0 Å². The van der Waals surface area contributed by atoms with Gasteiger partial charge in [-0.15, -0.1) is 11.8 Å². The monoisotopic (exact) mass is 577 g/mol. The van der Waals surface area contributed by atoms with E-state index in [-0.39, 0.29) is 31.0 Å². The summed E-state index contributed by atoms with van der Waals surface area (Å²) in [5.74, 6) is -2.80. The van der Waals surface area contributed by atoms with E-state index < -0.39 is 18.3 Å². The number of anilines is 3. The fourth-order valence-corrected chi connectivity index (χ4v) is 5.83. The Morgan fingerprint density at radius 1 is 1.12 bits per heavy atom. The van der Waals surface area contributed by atoms with Gasteiger partial charge in [-0.1, -0.05) is 12.1 Å². The van der Waals surface area contributed by atoms with E-state index in [2.05, 4.69) is 15.1 Å². The molecule has 5 aromatic rings. The first-order chi connectivity index (χ1) is 19.6. The quantitative estimate of drug-likeness (QED) is 0.261. The molecule has 41 heavy (non-hydrogen) atoms. The van der Waals surface area contributed by atoms with Crippen LogP contribution in [0.15, 0.2) is 65.8 Å². The molecule has 0 radical (unpaired) electrons. The van der Waals surface area contributed by atoms with Gasteiger partial charge in [0.25, 0.3) is 11.8 Å². The van der Waals surface area contributed by atoms with Crippen LogP contribution in [0.25, 0.3) is 21.8 Å². The zero-order valence-electron chi connectivity index (χ0n) is 22.3. The number of aromatic nitrogens is 4. The zero-order chi connectivity index (χ0) is 28.9. The van der Waals surface area contributed by atoms with Crippen molar-refractivity contribution in [2.24, 2.45) is 7.05 Å². The lowest BCUT2D eigenvalue weighted by Gasteiger charge is -2.26. The van der Waals surface area contributed by atoms with Crippen molar-refractivity contribution in [3.8, 4) is 0 Å². The second-order valence-corrected chi connectivity index (χ2v) is 10.9. The van der Waals surface area contributed by atoms with E-state index in [1.165, 1.54) is 35.0 Å². The number of hydrogen-bond acceptors (Lipinski definition) is 7. The van der Waals surface area contributed by atoms with Crippen LogP contribution in [0, 0.1) is 5.82 Å². The number of benzene rings is 2. The molecule has 1 fully saturated rings. The molecule has 1 saturated heterocycles. The Morgan fingerprint density at radius 2 is 1.95 bits per heavy atom. The smallest absolute Gasteiger partial charge is 0.266 e. The molecule has 2 aromatic carbocycles. The first kappa shape index (κ1) is 26.9. The van der Waals surface area contributed by atoms with Crippen molar-refractivity contribution in [1.29, 1.82) is 0 Å². The number of fused-ring (bicyclic) bond motifs is 3. The third-order valence-electron chi connectivity index (χ3n) is 7.28. The minimum absolute atomic E-state index is 0.152. The molecule has 6 rings (SSSR count). The first-order valence-corrected chi connectivity index (χ1v) is 14.1. The van der Waals surface area contributed by atoms with Crippen LogP contribution < -0.4 is 15.5 Å². The van der Waals surface area contributed by atoms with Gasteiger partial charge in [0.1, 0.15) is 17.5 Å². The molecule has 4 heterocycles. The molecule has 1 aliphatic rings. The fraction of sp³-hybridized carbons (Fsp3) is 0.241. The van der Waals surface area contributed by atoms with Gasteiger partial charge in [-0.25, -0.2) is 23.1 Å². The Hall–Kier alpha value is -4.32. The van der Waals surface area contributed by atoms with E-state index in [0.29, 0.717) is 27.7 Å². The van der Waals surface area contributed by atoms with E-state index in [0.717, 1.165) is 21.9 Å². The van der Waals surface area contributed by atoms with Crippen molar-refractivity contribution in [1.82, 2.24) is 19.7 Å². The van der Waals surface area contributed by atoms with Gasteiger partial charge in [-0.05, 0) is 48.2 Å². The highest BCUT2D eigenvalue weighted by atomic mass is 32.2. The fourth-order valence-electron chi connectivity index (χ4n) is 5.21. The van der Waals surface area contributed by atoms with Gasteiger partial charge in [-0.2, -0.15) is 5.10 Å². The van der Waals surface area contributed by atoms with Crippen molar-refractivity contribution in [3.63, 3.8) is 0 Å². The SMILES string of the molecule is CSc1cc(F)ccc1N(Cc1ccc2c(c1)nc(N)c1cnn(C)c12)C(=O)c1ccc(N2CCC(F)(F)C2)nc1. The first-order valence-electron chi connectivity index (χ1n) is 12.9. The highest BCUT2D eigenvalue weighted by molar-refractivity contribution is 7.98. The lowest BCUT2D eigenvalue weighted by molar-refractivity contribution is 0.0256. The minimum atomic E-state index is -2.76. The summed E-state index contributed by atoms with van der Waals surface area (Å²) in [6.07, 6.45) is 4.65. The Labute approximate surface area is 238 Å². The molecule has 0 unspecified atom stereocenters. The molecule has 12 heteroatoms. The number of amides is 1. The number of nitrogens with two attached hydrogens (primary N) is 1. The van der Waals surface area contributed by atoms with E-state index in [1.807, 2.05) is 31.5 Å². The van der Waals surface area contributed by atoms with Crippen LogP contribution in [0.1, 0.15) is 22.3 Å². The average molecular weight is 578 g/mol. The predicted octanol–water partition coefficient (Wildman–Crippen LogP) is 5.65. The van der Waals surface area contributed by atoms with Crippen LogP contribution in [-0.4, -0.2) is 50.9 Å². The third kappa shape index (κ3) is 5.03. The summed E-state index contributed by atoms with van der Waals surface area (Å²) in [4.78, 5) is 26.5. The van der Waals surface area contributed by atoms with Crippen LogP contribution in [0.3, 0.4) is 0 Å². The molecule has 1 aliphatic heterocycles. The molecule has 2 N–H and O–H groups in total. The molecule has 0 aliphatic carbocycles. The van der Waals surface area contributed by atoms with Crippen molar-refractivity contribution in [2.45, 2.75) is 23.8 Å². The number of hydrogen-bond donors (Lipinski definition) is 1. The van der Waals surface area contributed by atoms with Gasteiger partial charge in [0, 0.05) is 36.5 Å². The topological polar surface area (TPSA) is 93.2 Å². The Morgan fingerprint density at radius 3 is 2.66 bits per heavy atom. The van der Waals surface area contributed by atoms with Gasteiger partial charge in [0.2, 0.25) is 0 Å².